The first-order valence-electron chi connectivity index (χ1n) is 4.55. The summed E-state index contributed by atoms with van der Waals surface area (Å²) in [5.41, 5.74) is -0.200. The number of halogens is 5. The molecule has 0 unspecified atom stereocenters. The molecule has 18 heavy (non-hydrogen) atoms. The zero-order valence-electron chi connectivity index (χ0n) is 8.67. The van der Waals surface area contributed by atoms with E-state index in [9.17, 15) is 22.4 Å². The third-order valence-corrected chi connectivity index (χ3v) is 2.57. The van der Waals surface area contributed by atoms with Crippen LogP contribution in [0.4, 0.5) is 17.6 Å². The second-order valence-corrected chi connectivity index (χ2v) is 4.16. The van der Waals surface area contributed by atoms with Crippen LogP contribution in [0.15, 0.2) is 22.7 Å². The number of aromatic carboxylic acids is 1. The molecule has 1 aromatic carbocycles. The Labute approximate surface area is 107 Å². The number of benzene rings is 1. The molecule has 3 nitrogen and oxygen atoms in total. The Morgan fingerprint density at radius 1 is 1.44 bits per heavy atom. The second kappa shape index (κ2) is 5.55. The summed E-state index contributed by atoms with van der Waals surface area (Å²) in [5.74, 6) is -5.82. The minimum atomic E-state index is -4.29. The van der Waals surface area contributed by atoms with E-state index in [4.69, 9.17) is 5.11 Å². The van der Waals surface area contributed by atoms with E-state index >= 15 is 0 Å². The second-order valence-electron chi connectivity index (χ2n) is 3.30. The van der Waals surface area contributed by atoms with Crippen LogP contribution in [0.3, 0.4) is 0 Å². The highest BCUT2D eigenvalue weighted by molar-refractivity contribution is 9.10. The molecule has 0 aliphatic heterocycles. The van der Waals surface area contributed by atoms with Crippen LogP contribution in [0, 0.1) is 0 Å². The van der Waals surface area contributed by atoms with Gasteiger partial charge in [-0.15, -0.1) is 0 Å². The van der Waals surface area contributed by atoms with Crippen LogP contribution in [0.25, 0.3) is 0 Å². The normalized spacial score (nSPS) is 11.7. The molecule has 1 rings (SSSR count). The van der Waals surface area contributed by atoms with Crippen molar-refractivity contribution in [1.82, 2.24) is 0 Å². The number of carboxylic acids is 1. The van der Waals surface area contributed by atoms with Gasteiger partial charge in [0.25, 0.3) is 0 Å². The SMILES string of the molecule is O=C(O)c1ccc(Br)c(OCC(F)(F)C(F)F)c1. The molecular formula is C10H7BrF4O3. The molecule has 1 aromatic rings. The Hall–Kier alpha value is -1.31. The molecule has 0 spiro atoms. The van der Waals surface area contributed by atoms with Crippen LogP contribution in [0.2, 0.25) is 0 Å². The van der Waals surface area contributed by atoms with Crippen LogP contribution in [0.1, 0.15) is 10.4 Å². The van der Waals surface area contributed by atoms with E-state index in [0.717, 1.165) is 6.07 Å². The summed E-state index contributed by atoms with van der Waals surface area (Å²) in [6, 6.07) is 3.44. The van der Waals surface area contributed by atoms with Gasteiger partial charge in [0.1, 0.15) is 5.75 Å². The number of carboxylic acid groups (broad SMARTS) is 1. The molecule has 0 saturated heterocycles. The van der Waals surface area contributed by atoms with Crippen molar-refractivity contribution in [1.29, 1.82) is 0 Å². The van der Waals surface area contributed by atoms with Crippen molar-refractivity contribution in [3.05, 3.63) is 28.2 Å². The lowest BCUT2D eigenvalue weighted by atomic mass is 10.2. The highest BCUT2D eigenvalue weighted by atomic mass is 79.9. The summed E-state index contributed by atoms with van der Waals surface area (Å²) in [6.07, 6.45) is -3.85. The van der Waals surface area contributed by atoms with E-state index in [1.165, 1.54) is 12.1 Å². The highest BCUT2D eigenvalue weighted by Gasteiger charge is 2.41. The summed E-state index contributed by atoms with van der Waals surface area (Å²) in [7, 11) is 0. The van der Waals surface area contributed by atoms with Gasteiger partial charge in [-0.25, -0.2) is 13.6 Å². The maximum absolute atomic E-state index is 12.6. The predicted octanol–water partition coefficient (Wildman–Crippen LogP) is 3.43. The maximum Gasteiger partial charge on any atom is 0.340 e. The van der Waals surface area contributed by atoms with E-state index < -0.39 is 24.9 Å². The number of hydrogen-bond donors (Lipinski definition) is 1. The molecule has 8 heteroatoms. The third kappa shape index (κ3) is 3.59. The minimum Gasteiger partial charge on any atom is -0.486 e. The zero-order chi connectivity index (χ0) is 13.9. The van der Waals surface area contributed by atoms with E-state index in [0.29, 0.717) is 0 Å². The molecule has 0 aromatic heterocycles. The lowest BCUT2D eigenvalue weighted by molar-refractivity contribution is -0.148. The molecule has 0 aliphatic rings. The third-order valence-electron chi connectivity index (χ3n) is 1.92. The summed E-state index contributed by atoms with van der Waals surface area (Å²) in [4.78, 5) is 10.6. The van der Waals surface area contributed by atoms with Crippen molar-refractivity contribution in [2.45, 2.75) is 12.3 Å². The number of hydrogen-bond acceptors (Lipinski definition) is 2. The minimum absolute atomic E-state index is 0.192. The molecule has 0 heterocycles. The average molecular weight is 331 g/mol. The number of rotatable bonds is 5. The number of carbonyl (C=O) groups is 1. The Morgan fingerprint density at radius 3 is 2.56 bits per heavy atom. The molecule has 0 bridgehead atoms. The molecule has 100 valence electrons. The fourth-order valence-corrected chi connectivity index (χ4v) is 1.35. The fourth-order valence-electron chi connectivity index (χ4n) is 0.984. The van der Waals surface area contributed by atoms with Crippen molar-refractivity contribution in [2.75, 3.05) is 6.61 Å². The molecule has 1 N–H and O–H groups in total. The van der Waals surface area contributed by atoms with Crippen molar-refractivity contribution >= 4 is 21.9 Å². The van der Waals surface area contributed by atoms with Crippen LogP contribution >= 0.6 is 15.9 Å². The molecule has 0 aliphatic carbocycles. The van der Waals surface area contributed by atoms with Gasteiger partial charge in [-0.1, -0.05) is 0 Å². The quantitative estimate of drug-likeness (QED) is 0.841. The van der Waals surface area contributed by atoms with E-state index in [1.807, 2.05) is 0 Å². The smallest absolute Gasteiger partial charge is 0.340 e. The lowest BCUT2D eigenvalue weighted by Gasteiger charge is -2.16. The van der Waals surface area contributed by atoms with Gasteiger partial charge < -0.3 is 9.84 Å². The first kappa shape index (κ1) is 14.7. The molecule has 0 amide bonds. The zero-order valence-corrected chi connectivity index (χ0v) is 10.3. The van der Waals surface area contributed by atoms with Gasteiger partial charge in [0.2, 0.25) is 0 Å². The predicted molar refractivity (Wildman–Crippen MR) is 57.5 cm³/mol. The average Bonchev–Trinajstić information content (AvgIpc) is 2.27. The summed E-state index contributed by atoms with van der Waals surface area (Å²) < 4.78 is 53.7. The van der Waals surface area contributed by atoms with Crippen LogP contribution in [-0.4, -0.2) is 30.0 Å². The molecule has 0 radical (unpaired) electrons. The first-order valence-corrected chi connectivity index (χ1v) is 5.35. The van der Waals surface area contributed by atoms with Crippen LogP contribution < -0.4 is 4.74 Å². The van der Waals surface area contributed by atoms with Crippen molar-refractivity contribution < 1.29 is 32.2 Å². The standard InChI is InChI=1S/C10H7BrF4O3/c11-6-2-1-5(8(16)17)3-7(6)18-4-10(14,15)9(12)13/h1-3,9H,4H2,(H,16,17). The Bertz CT molecular complexity index is 451. The van der Waals surface area contributed by atoms with Crippen molar-refractivity contribution in [3.63, 3.8) is 0 Å². The van der Waals surface area contributed by atoms with Crippen LogP contribution in [-0.2, 0) is 0 Å². The molecule has 0 atom stereocenters. The van der Waals surface area contributed by atoms with Gasteiger partial charge >= 0.3 is 18.3 Å². The van der Waals surface area contributed by atoms with Gasteiger partial charge in [0.15, 0.2) is 6.61 Å². The summed E-state index contributed by atoms with van der Waals surface area (Å²) >= 11 is 2.93. The van der Waals surface area contributed by atoms with Crippen molar-refractivity contribution in [2.24, 2.45) is 0 Å². The highest BCUT2D eigenvalue weighted by Crippen LogP contribution is 2.29. The Kier molecular flexibility index (Phi) is 4.55. The Balaban J connectivity index is 2.85. The number of alkyl halides is 4. The van der Waals surface area contributed by atoms with E-state index in [2.05, 4.69) is 20.7 Å². The maximum atomic E-state index is 12.6. The monoisotopic (exact) mass is 330 g/mol. The molecule has 0 fully saturated rings. The van der Waals surface area contributed by atoms with Gasteiger partial charge in [-0.05, 0) is 34.1 Å². The van der Waals surface area contributed by atoms with Crippen LogP contribution in [0.5, 0.6) is 5.75 Å². The van der Waals surface area contributed by atoms with Crippen molar-refractivity contribution in [3.8, 4) is 5.75 Å². The molecular weight excluding hydrogens is 324 g/mol. The van der Waals surface area contributed by atoms with E-state index in [-0.39, 0.29) is 15.8 Å². The topological polar surface area (TPSA) is 46.5 Å². The largest absolute Gasteiger partial charge is 0.486 e. The van der Waals surface area contributed by atoms with Gasteiger partial charge in [-0.3, -0.25) is 0 Å². The lowest BCUT2D eigenvalue weighted by Crippen LogP contribution is -2.33. The summed E-state index contributed by atoms with van der Waals surface area (Å²) in [6.45, 7) is -1.54. The van der Waals surface area contributed by atoms with Gasteiger partial charge in [-0.2, -0.15) is 8.78 Å². The first-order chi connectivity index (χ1) is 8.24. The molecule has 0 saturated carbocycles. The van der Waals surface area contributed by atoms with Gasteiger partial charge in [0.05, 0.1) is 10.0 Å². The fraction of sp³-hybridized carbons (Fsp3) is 0.300. The van der Waals surface area contributed by atoms with E-state index in [1.54, 1.807) is 0 Å². The number of ether oxygens (including phenoxy) is 1. The summed E-state index contributed by atoms with van der Waals surface area (Å²) in [5, 5.41) is 8.68. The van der Waals surface area contributed by atoms with Gasteiger partial charge in [0, 0.05) is 0 Å². The Morgan fingerprint density at radius 2 is 2.06 bits per heavy atom.